The Morgan fingerprint density at radius 2 is 0.839 bits per heavy atom. The van der Waals surface area contributed by atoms with E-state index in [1.165, 1.54) is 12.8 Å². The van der Waals surface area contributed by atoms with Crippen LogP contribution < -0.4 is 16.0 Å². The molecule has 5 nitrogen and oxygen atoms in total. The highest BCUT2D eigenvalue weighted by Gasteiger charge is 2.04. The average molecular weight is 424 g/mol. The Morgan fingerprint density at radius 1 is 0.484 bits per heavy atom. The number of nitrogens with one attached hydrogen (secondary N) is 3. The quantitative estimate of drug-likeness (QED) is 0.251. The molecule has 0 amide bonds. The lowest BCUT2D eigenvalue weighted by Gasteiger charge is -2.07. The van der Waals surface area contributed by atoms with Gasteiger partial charge in [-0.05, 0) is 51.9 Å². The first-order chi connectivity index (χ1) is 15.3. The van der Waals surface area contributed by atoms with Crippen molar-refractivity contribution in [3.05, 3.63) is 71.8 Å². The summed E-state index contributed by atoms with van der Waals surface area (Å²) in [4.78, 5) is 23.9. The first-order valence-corrected chi connectivity index (χ1v) is 11.6. The molecule has 2 rings (SSSR count). The van der Waals surface area contributed by atoms with Gasteiger partial charge in [-0.25, -0.2) is 0 Å². The molecule has 0 fully saturated rings. The second-order valence-corrected chi connectivity index (χ2v) is 7.80. The van der Waals surface area contributed by atoms with Crippen molar-refractivity contribution in [2.24, 2.45) is 0 Å². The highest BCUT2D eigenvalue weighted by Crippen LogP contribution is 2.00. The number of carbonyl (C=O) groups excluding carboxylic acids is 2. The molecule has 0 saturated heterocycles. The Bertz CT molecular complexity index is 671. The zero-order valence-electron chi connectivity index (χ0n) is 18.6. The highest BCUT2D eigenvalue weighted by molar-refractivity contribution is 5.98. The van der Waals surface area contributed by atoms with Gasteiger partial charge in [-0.1, -0.05) is 73.5 Å². The maximum absolute atomic E-state index is 12.0. The fourth-order valence-electron chi connectivity index (χ4n) is 3.33. The van der Waals surface area contributed by atoms with Crippen molar-refractivity contribution in [3.8, 4) is 0 Å². The molecule has 0 saturated carbocycles. The third-order valence-electron chi connectivity index (χ3n) is 5.18. The standard InChI is InChI=1S/C26H37N3O2/c30-25(23-13-5-1-6-14-23)21-28-19-11-3-9-17-27-18-10-4-12-20-29-22-26(31)24-15-7-2-8-16-24/h1-2,5-8,13-16,27-29H,3-4,9-12,17-22H2. The first kappa shape index (κ1) is 24.9. The van der Waals surface area contributed by atoms with Gasteiger partial charge in [0.05, 0.1) is 13.1 Å². The van der Waals surface area contributed by atoms with Gasteiger partial charge in [0, 0.05) is 11.1 Å². The molecule has 0 unspecified atom stereocenters. The predicted molar refractivity (Wildman–Crippen MR) is 128 cm³/mol. The van der Waals surface area contributed by atoms with E-state index in [1.54, 1.807) is 0 Å². The fourth-order valence-corrected chi connectivity index (χ4v) is 3.33. The normalized spacial score (nSPS) is 10.8. The summed E-state index contributed by atoms with van der Waals surface area (Å²) in [7, 11) is 0. The van der Waals surface area contributed by atoms with Crippen LogP contribution in [0.25, 0.3) is 0 Å². The minimum atomic E-state index is 0.153. The molecule has 0 aliphatic carbocycles. The van der Waals surface area contributed by atoms with Crippen molar-refractivity contribution < 1.29 is 9.59 Å². The van der Waals surface area contributed by atoms with Crippen molar-refractivity contribution in [2.45, 2.75) is 38.5 Å². The van der Waals surface area contributed by atoms with Crippen LogP contribution in [-0.4, -0.2) is 50.8 Å². The topological polar surface area (TPSA) is 70.2 Å². The molecule has 31 heavy (non-hydrogen) atoms. The molecule has 0 atom stereocenters. The number of benzene rings is 2. The number of rotatable bonds is 18. The van der Waals surface area contributed by atoms with Crippen LogP contribution in [0.15, 0.2) is 60.7 Å². The van der Waals surface area contributed by atoms with E-state index in [1.807, 2.05) is 60.7 Å². The number of ketones is 2. The SMILES string of the molecule is O=C(CNCCCCCNCCCCCNCC(=O)c1ccccc1)c1ccccc1. The zero-order chi connectivity index (χ0) is 22.0. The van der Waals surface area contributed by atoms with Gasteiger partial charge in [-0.15, -0.1) is 0 Å². The maximum Gasteiger partial charge on any atom is 0.176 e. The molecule has 3 N–H and O–H groups in total. The van der Waals surface area contributed by atoms with E-state index in [0.29, 0.717) is 13.1 Å². The van der Waals surface area contributed by atoms with E-state index in [2.05, 4.69) is 16.0 Å². The Kier molecular flexibility index (Phi) is 13.2. The average Bonchev–Trinajstić information content (AvgIpc) is 2.82. The number of Topliss-reactive ketones (excluding diaryl/α,β-unsaturated/α-hetero) is 2. The van der Waals surface area contributed by atoms with Crippen LogP contribution in [0.5, 0.6) is 0 Å². The Hall–Kier alpha value is -2.34. The van der Waals surface area contributed by atoms with E-state index in [4.69, 9.17) is 0 Å². The molecule has 168 valence electrons. The Morgan fingerprint density at radius 3 is 1.23 bits per heavy atom. The van der Waals surface area contributed by atoms with Crippen LogP contribution in [-0.2, 0) is 0 Å². The van der Waals surface area contributed by atoms with Gasteiger partial charge >= 0.3 is 0 Å². The minimum absolute atomic E-state index is 0.153. The third-order valence-corrected chi connectivity index (χ3v) is 5.18. The number of hydrogen-bond acceptors (Lipinski definition) is 5. The second-order valence-electron chi connectivity index (χ2n) is 7.80. The largest absolute Gasteiger partial charge is 0.317 e. The molecule has 0 bridgehead atoms. The van der Waals surface area contributed by atoms with Crippen LogP contribution in [0.2, 0.25) is 0 Å². The van der Waals surface area contributed by atoms with Gasteiger partial charge in [0.2, 0.25) is 0 Å². The summed E-state index contributed by atoms with van der Waals surface area (Å²) in [5.41, 5.74) is 1.55. The maximum atomic E-state index is 12.0. The summed E-state index contributed by atoms with van der Waals surface area (Å²) in [6, 6.07) is 18.9. The lowest BCUT2D eigenvalue weighted by Crippen LogP contribution is -2.24. The lowest BCUT2D eigenvalue weighted by atomic mass is 10.1. The van der Waals surface area contributed by atoms with Crippen molar-refractivity contribution in [3.63, 3.8) is 0 Å². The molecule has 0 aromatic heterocycles. The van der Waals surface area contributed by atoms with Crippen LogP contribution >= 0.6 is 0 Å². The van der Waals surface area contributed by atoms with E-state index < -0.39 is 0 Å². The van der Waals surface area contributed by atoms with Crippen molar-refractivity contribution in [1.82, 2.24) is 16.0 Å². The molecular weight excluding hydrogens is 386 g/mol. The number of unbranched alkanes of at least 4 members (excludes halogenated alkanes) is 4. The van der Waals surface area contributed by atoms with E-state index in [9.17, 15) is 9.59 Å². The Balaban J connectivity index is 1.30. The van der Waals surface area contributed by atoms with Crippen molar-refractivity contribution in [2.75, 3.05) is 39.3 Å². The van der Waals surface area contributed by atoms with Crippen LogP contribution in [0.1, 0.15) is 59.2 Å². The summed E-state index contributed by atoms with van der Waals surface area (Å²) in [6.45, 7) is 4.70. The molecular formula is C26H37N3O2. The monoisotopic (exact) mass is 423 g/mol. The summed E-state index contributed by atoms with van der Waals surface area (Å²) in [5.74, 6) is 0.306. The summed E-state index contributed by atoms with van der Waals surface area (Å²) < 4.78 is 0. The molecule has 2 aromatic carbocycles. The number of carbonyl (C=O) groups is 2. The van der Waals surface area contributed by atoms with Gasteiger partial charge in [0.1, 0.15) is 0 Å². The molecule has 2 aromatic rings. The molecule has 0 spiro atoms. The van der Waals surface area contributed by atoms with Gasteiger partial charge in [-0.3, -0.25) is 9.59 Å². The molecule has 0 heterocycles. The molecule has 0 aliphatic rings. The van der Waals surface area contributed by atoms with E-state index in [-0.39, 0.29) is 11.6 Å². The lowest BCUT2D eigenvalue weighted by molar-refractivity contribution is 0.0983. The first-order valence-electron chi connectivity index (χ1n) is 11.6. The minimum Gasteiger partial charge on any atom is -0.317 e. The highest BCUT2D eigenvalue weighted by atomic mass is 16.1. The predicted octanol–water partition coefficient (Wildman–Crippen LogP) is 3.86. The summed E-state index contributed by atoms with van der Waals surface area (Å²) in [5, 5.41) is 9.97. The van der Waals surface area contributed by atoms with Crippen LogP contribution in [0, 0.1) is 0 Å². The van der Waals surface area contributed by atoms with E-state index in [0.717, 1.165) is 63.0 Å². The van der Waals surface area contributed by atoms with Gasteiger partial charge in [-0.2, -0.15) is 0 Å². The Labute approximate surface area is 187 Å². The number of hydrogen-bond donors (Lipinski definition) is 3. The van der Waals surface area contributed by atoms with Gasteiger partial charge < -0.3 is 16.0 Å². The third kappa shape index (κ3) is 11.6. The second kappa shape index (κ2) is 16.4. The molecule has 0 aliphatic heterocycles. The van der Waals surface area contributed by atoms with Crippen molar-refractivity contribution in [1.29, 1.82) is 0 Å². The van der Waals surface area contributed by atoms with Gasteiger partial charge in [0.15, 0.2) is 11.6 Å². The summed E-state index contributed by atoms with van der Waals surface area (Å²) in [6.07, 6.45) is 6.85. The zero-order valence-corrected chi connectivity index (χ0v) is 18.6. The fraction of sp³-hybridized carbons (Fsp3) is 0.462. The summed E-state index contributed by atoms with van der Waals surface area (Å²) >= 11 is 0. The molecule has 5 heteroatoms. The van der Waals surface area contributed by atoms with E-state index >= 15 is 0 Å². The van der Waals surface area contributed by atoms with Crippen LogP contribution in [0.3, 0.4) is 0 Å². The van der Waals surface area contributed by atoms with Gasteiger partial charge in [0.25, 0.3) is 0 Å². The molecule has 0 radical (unpaired) electrons. The smallest absolute Gasteiger partial charge is 0.176 e. The van der Waals surface area contributed by atoms with Crippen LogP contribution in [0.4, 0.5) is 0 Å². The van der Waals surface area contributed by atoms with Crippen molar-refractivity contribution >= 4 is 11.6 Å².